The number of ether oxygens (including phenoxy) is 1. The van der Waals surface area contributed by atoms with Crippen LogP contribution < -0.4 is 5.32 Å². The van der Waals surface area contributed by atoms with E-state index in [0.717, 1.165) is 17.7 Å². The molecule has 0 bridgehead atoms. The first-order valence-corrected chi connectivity index (χ1v) is 8.08. The lowest BCUT2D eigenvalue weighted by Crippen LogP contribution is -2.30. The predicted octanol–water partition coefficient (Wildman–Crippen LogP) is 2.96. The van der Waals surface area contributed by atoms with Crippen LogP contribution in [0.5, 0.6) is 0 Å². The summed E-state index contributed by atoms with van der Waals surface area (Å²) >= 11 is 1.43. The highest BCUT2D eigenvalue weighted by atomic mass is 32.2. The summed E-state index contributed by atoms with van der Waals surface area (Å²) in [5, 5.41) is 2.54. The van der Waals surface area contributed by atoms with E-state index in [-0.39, 0.29) is 24.8 Å². The Morgan fingerprint density at radius 3 is 2.82 bits per heavy atom. The van der Waals surface area contributed by atoms with E-state index >= 15 is 0 Å². The third-order valence-electron chi connectivity index (χ3n) is 3.27. The summed E-state index contributed by atoms with van der Waals surface area (Å²) < 4.78 is 39.9. The maximum absolute atomic E-state index is 11.8. The molecule has 7 heteroatoms. The lowest BCUT2D eigenvalue weighted by Gasteiger charge is -2.09. The summed E-state index contributed by atoms with van der Waals surface area (Å²) in [6.07, 6.45) is -0.930. The van der Waals surface area contributed by atoms with Gasteiger partial charge < -0.3 is 10.1 Å². The number of alkyl halides is 3. The molecule has 0 spiro atoms. The normalized spacial score (nSPS) is 14.0. The topological polar surface area (TPSA) is 38.3 Å². The van der Waals surface area contributed by atoms with Crippen molar-refractivity contribution in [2.24, 2.45) is 0 Å². The van der Waals surface area contributed by atoms with Gasteiger partial charge in [-0.3, -0.25) is 4.79 Å². The summed E-state index contributed by atoms with van der Waals surface area (Å²) in [6.45, 7) is -1.35. The lowest BCUT2D eigenvalue weighted by molar-refractivity contribution is -0.173. The number of halogens is 3. The van der Waals surface area contributed by atoms with Gasteiger partial charge in [0.25, 0.3) is 0 Å². The van der Waals surface area contributed by atoms with Gasteiger partial charge in [0.15, 0.2) is 0 Å². The van der Waals surface area contributed by atoms with E-state index < -0.39 is 12.8 Å². The van der Waals surface area contributed by atoms with Gasteiger partial charge in [0.2, 0.25) is 5.91 Å². The second-order valence-corrected chi connectivity index (χ2v) is 6.14. The van der Waals surface area contributed by atoms with Gasteiger partial charge in [0, 0.05) is 11.4 Å². The number of fused-ring (bicyclic) bond motifs is 1. The maximum atomic E-state index is 11.8. The van der Waals surface area contributed by atoms with Crippen molar-refractivity contribution < 1.29 is 22.7 Å². The summed E-state index contributed by atoms with van der Waals surface area (Å²) in [5.41, 5.74) is 2.74. The Kier molecular flexibility index (Phi) is 6.14. The van der Waals surface area contributed by atoms with E-state index in [4.69, 9.17) is 0 Å². The first-order valence-electron chi connectivity index (χ1n) is 7.10. The number of carbonyl (C=O) groups excluding carboxylic acids is 1. The molecule has 0 heterocycles. The molecule has 1 aliphatic rings. The highest BCUT2D eigenvalue weighted by molar-refractivity contribution is 8.00. The number of rotatable bonds is 7. The smallest absolute Gasteiger partial charge is 0.370 e. The third kappa shape index (κ3) is 5.88. The Morgan fingerprint density at radius 1 is 1.27 bits per heavy atom. The number of benzene rings is 1. The van der Waals surface area contributed by atoms with Crippen LogP contribution in [0.1, 0.15) is 17.5 Å². The van der Waals surface area contributed by atoms with Gasteiger partial charge >= 0.3 is 6.18 Å². The highest BCUT2D eigenvalue weighted by Gasteiger charge is 2.27. The summed E-state index contributed by atoms with van der Waals surface area (Å²) in [5.74, 6) is 0.0408. The highest BCUT2D eigenvalue weighted by Crippen LogP contribution is 2.27. The molecule has 3 nitrogen and oxygen atoms in total. The number of aryl methyl sites for hydroxylation is 2. The van der Waals surface area contributed by atoms with Gasteiger partial charge in [0.1, 0.15) is 6.61 Å². The van der Waals surface area contributed by atoms with Gasteiger partial charge in [-0.2, -0.15) is 13.2 Å². The number of amides is 1. The van der Waals surface area contributed by atoms with E-state index in [9.17, 15) is 18.0 Å². The van der Waals surface area contributed by atoms with E-state index in [2.05, 4.69) is 22.2 Å². The van der Waals surface area contributed by atoms with Crippen molar-refractivity contribution in [1.29, 1.82) is 0 Å². The largest absolute Gasteiger partial charge is 0.411 e. The molecular formula is C15H18F3NO2S. The summed E-state index contributed by atoms with van der Waals surface area (Å²) in [6, 6.07) is 6.23. The van der Waals surface area contributed by atoms with Crippen molar-refractivity contribution in [1.82, 2.24) is 5.32 Å². The Balaban J connectivity index is 1.62. The molecule has 0 unspecified atom stereocenters. The number of hydrogen-bond acceptors (Lipinski definition) is 3. The molecule has 1 N–H and O–H groups in total. The molecule has 1 aromatic carbocycles. The summed E-state index contributed by atoms with van der Waals surface area (Å²) in [4.78, 5) is 12.6. The molecule has 0 saturated heterocycles. The molecule has 122 valence electrons. The zero-order valence-electron chi connectivity index (χ0n) is 12.0. The number of carbonyl (C=O) groups is 1. The molecule has 0 radical (unpaired) electrons. The van der Waals surface area contributed by atoms with Gasteiger partial charge in [0.05, 0.1) is 12.4 Å². The van der Waals surface area contributed by atoms with Crippen LogP contribution in [-0.2, 0) is 22.4 Å². The minimum Gasteiger partial charge on any atom is -0.370 e. The molecule has 0 aromatic heterocycles. The fraction of sp³-hybridized carbons (Fsp3) is 0.533. The Labute approximate surface area is 131 Å². The zero-order valence-corrected chi connectivity index (χ0v) is 12.9. The van der Waals surface area contributed by atoms with Crippen LogP contribution in [0.3, 0.4) is 0 Å². The molecular weight excluding hydrogens is 315 g/mol. The number of nitrogens with one attached hydrogen (secondary N) is 1. The number of hydrogen-bond donors (Lipinski definition) is 1. The molecule has 2 rings (SSSR count). The van der Waals surface area contributed by atoms with E-state index in [1.165, 1.54) is 29.3 Å². The molecule has 1 aromatic rings. The van der Waals surface area contributed by atoms with Crippen molar-refractivity contribution in [3.63, 3.8) is 0 Å². The van der Waals surface area contributed by atoms with Crippen LogP contribution in [0, 0.1) is 0 Å². The van der Waals surface area contributed by atoms with Crippen LogP contribution >= 0.6 is 11.8 Å². The van der Waals surface area contributed by atoms with Crippen molar-refractivity contribution >= 4 is 17.7 Å². The third-order valence-corrected chi connectivity index (χ3v) is 4.27. The SMILES string of the molecule is O=C(CSc1ccc2c(c1)CCC2)NCCOCC(F)(F)F. The quantitative estimate of drug-likeness (QED) is 0.616. The van der Waals surface area contributed by atoms with Crippen molar-refractivity contribution in [2.75, 3.05) is 25.5 Å². The van der Waals surface area contributed by atoms with Gasteiger partial charge in [-0.1, -0.05) is 6.07 Å². The fourth-order valence-corrected chi connectivity index (χ4v) is 3.08. The molecule has 0 fully saturated rings. The minimum absolute atomic E-state index is 0.0830. The van der Waals surface area contributed by atoms with Gasteiger partial charge in [-0.05, 0) is 42.5 Å². The Hall–Kier alpha value is -1.21. The lowest BCUT2D eigenvalue weighted by atomic mass is 10.1. The van der Waals surface area contributed by atoms with Crippen LogP contribution in [0.4, 0.5) is 13.2 Å². The fourth-order valence-electron chi connectivity index (χ4n) is 2.29. The summed E-state index contributed by atoms with van der Waals surface area (Å²) in [7, 11) is 0. The van der Waals surface area contributed by atoms with Crippen molar-refractivity contribution in [2.45, 2.75) is 30.3 Å². The Bertz CT molecular complexity index is 520. The number of thioether (sulfide) groups is 1. The molecule has 1 aliphatic carbocycles. The monoisotopic (exact) mass is 333 g/mol. The van der Waals surface area contributed by atoms with Crippen LogP contribution in [0.15, 0.2) is 23.1 Å². The average Bonchev–Trinajstić information content (AvgIpc) is 2.91. The van der Waals surface area contributed by atoms with Gasteiger partial charge in [-0.15, -0.1) is 11.8 Å². The molecule has 0 saturated carbocycles. The standard InChI is InChI=1S/C15H18F3NO2S/c16-15(17,18)10-21-7-6-19-14(20)9-22-13-5-4-11-2-1-3-12(11)8-13/h4-5,8H,1-3,6-7,9-10H2,(H,19,20). The second kappa shape index (κ2) is 7.87. The van der Waals surface area contributed by atoms with Crippen LogP contribution in [-0.4, -0.2) is 37.6 Å². The minimum atomic E-state index is -4.33. The van der Waals surface area contributed by atoms with Gasteiger partial charge in [-0.25, -0.2) is 0 Å². The van der Waals surface area contributed by atoms with Crippen LogP contribution in [0.2, 0.25) is 0 Å². The van der Waals surface area contributed by atoms with E-state index in [1.54, 1.807) is 0 Å². The first kappa shape index (κ1) is 17.1. The average molecular weight is 333 g/mol. The van der Waals surface area contributed by atoms with E-state index in [0.29, 0.717) is 0 Å². The maximum Gasteiger partial charge on any atom is 0.411 e. The molecule has 0 atom stereocenters. The predicted molar refractivity (Wildman–Crippen MR) is 79.1 cm³/mol. The Morgan fingerprint density at radius 2 is 2.05 bits per heavy atom. The van der Waals surface area contributed by atoms with Crippen LogP contribution in [0.25, 0.3) is 0 Å². The molecule has 1 amide bonds. The molecule has 0 aliphatic heterocycles. The molecule has 22 heavy (non-hydrogen) atoms. The van der Waals surface area contributed by atoms with Crippen molar-refractivity contribution in [3.05, 3.63) is 29.3 Å². The second-order valence-electron chi connectivity index (χ2n) is 5.09. The van der Waals surface area contributed by atoms with E-state index in [1.807, 2.05) is 6.07 Å². The first-order chi connectivity index (χ1) is 10.4. The zero-order chi connectivity index (χ0) is 16.0. The van der Waals surface area contributed by atoms with Crippen molar-refractivity contribution in [3.8, 4) is 0 Å².